The molecule has 0 aliphatic carbocycles. The van der Waals surface area contributed by atoms with Gasteiger partial charge in [-0.05, 0) is 36.6 Å². The zero-order chi connectivity index (χ0) is 18.0. The SMILES string of the molecule is CCc1nc(-c2ccccc2)c(C)c(-c2ccc(F)cc2)c1C(=O)O. The zero-order valence-corrected chi connectivity index (χ0v) is 14.1. The molecule has 1 heterocycles. The number of aromatic nitrogens is 1. The Hall–Kier alpha value is -3.01. The number of aromatic carboxylic acids is 1. The first kappa shape index (κ1) is 16.8. The second kappa shape index (κ2) is 6.85. The molecule has 0 aliphatic rings. The number of benzene rings is 2. The smallest absolute Gasteiger partial charge is 0.338 e. The van der Waals surface area contributed by atoms with E-state index in [1.54, 1.807) is 12.1 Å². The molecule has 1 aromatic heterocycles. The molecule has 0 fully saturated rings. The maximum absolute atomic E-state index is 13.3. The van der Waals surface area contributed by atoms with Gasteiger partial charge in [-0.25, -0.2) is 9.18 Å². The van der Waals surface area contributed by atoms with Crippen LogP contribution in [-0.2, 0) is 6.42 Å². The molecule has 0 spiro atoms. The summed E-state index contributed by atoms with van der Waals surface area (Å²) in [5.74, 6) is -1.38. The van der Waals surface area contributed by atoms with Gasteiger partial charge in [0.25, 0.3) is 0 Å². The van der Waals surface area contributed by atoms with Crippen LogP contribution in [-0.4, -0.2) is 16.1 Å². The second-order valence-electron chi connectivity index (χ2n) is 5.81. The average molecular weight is 335 g/mol. The van der Waals surface area contributed by atoms with E-state index in [4.69, 9.17) is 0 Å². The van der Waals surface area contributed by atoms with Gasteiger partial charge in [0.15, 0.2) is 0 Å². The number of hydrogen-bond acceptors (Lipinski definition) is 2. The minimum absolute atomic E-state index is 0.186. The standard InChI is InChI=1S/C21H18FNO2/c1-3-17-19(21(24)25)18(14-9-11-16(22)12-10-14)13(2)20(23-17)15-7-5-4-6-8-15/h4-12H,3H2,1-2H3,(H,24,25). The van der Waals surface area contributed by atoms with Crippen molar-refractivity contribution in [1.29, 1.82) is 0 Å². The monoisotopic (exact) mass is 335 g/mol. The number of hydrogen-bond donors (Lipinski definition) is 1. The van der Waals surface area contributed by atoms with Crippen molar-refractivity contribution in [1.82, 2.24) is 4.98 Å². The van der Waals surface area contributed by atoms with Crippen LogP contribution < -0.4 is 0 Å². The lowest BCUT2D eigenvalue weighted by Crippen LogP contribution is -2.10. The van der Waals surface area contributed by atoms with E-state index in [0.717, 1.165) is 16.8 Å². The van der Waals surface area contributed by atoms with Gasteiger partial charge in [0.1, 0.15) is 5.82 Å². The van der Waals surface area contributed by atoms with E-state index in [1.165, 1.54) is 12.1 Å². The summed E-state index contributed by atoms with van der Waals surface area (Å²) in [6.07, 6.45) is 0.496. The summed E-state index contributed by atoms with van der Waals surface area (Å²) in [6.45, 7) is 3.74. The molecular formula is C21H18FNO2. The minimum atomic E-state index is -1.02. The van der Waals surface area contributed by atoms with Crippen molar-refractivity contribution in [2.75, 3.05) is 0 Å². The summed E-state index contributed by atoms with van der Waals surface area (Å²) >= 11 is 0. The van der Waals surface area contributed by atoms with Gasteiger partial charge < -0.3 is 5.11 Å². The molecule has 3 rings (SSSR count). The van der Waals surface area contributed by atoms with Gasteiger partial charge in [-0.3, -0.25) is 4.98 Å². The number of carboxylic acids is 1. The number of carbonyl (C=O) groups is 1. The lowest BCUT2D eigenvalue weighted by atomic mass is 9.90. The van der Waals surface area contributed by atoms with E-state index >= 15 is 0 Å². The second-order valence-corrected chi connectivity index (χ2v) is 5.81. The first-order chi connectivity index (χ1) is 12.0. The lowest BCUT2D eigenvalue weighted by molar-refractivity contribution is 0.0696. The van der Waals surface area contributed by atoms with Crippen LogP contribution in [0.3, 0.4) is 0 Å². The largest absolute Gasteiger partial charge is 0.478 e. The van der Waals surface area contributed by atoms with Crippen molar-refractivity contribution in [3.63, 3.8) is 0 Å². The fraction of sp³-hybridized carbons (Fsp3) is 0.143. The molecule has 0 unspecified atom stereocenters. The van der Waals surface area contributed by atoms with E-state index in [2.05, 4.69) is 4.98 Å². The van der Waals surface area contributed by atoms with Crippen LogP contribution in [0, 0.1) is 12.7 Å². The number of carboxylic acid groups (broad SMARTS) is 1. The molecule has 0 saturated carbocycles. The first-order valence-electron chi connectivity index (χ1n) is 8.11. The van der Waals surface area contributed by atoms with E-state index in [-0.39, 0.29) is 11.4 Å². The van der Waals surface area contributed by atoms with Crippen molar-refractivity contribution in [3.05, 3.63) is 77.2 Å². The maximum Gasteiger partial charge on any atom is 0.338 e. The van der Waals surface area contributed by atoms with Gasteiger partial charge in [0, 0.05) is 11.1 Å². The van der Waals surface area contributed by atoms with Crippen LogP contribution in [0.4, 0.5) is 4.39 Å². The Morgan fingerprint density at radius 2 is 1.68 bits per heavy atom. The molecule has 0 bridgehead atoms. The Balaban J connectivity index is 2.37. The lowest BCUT2D eigenvalue weighted by Gasteiger charge is -2.17. The highest BCUT2D eigenvalue weighted by Crippen LogP contribution is 2.35. The van der Waals surface area contributed by atoms with Gasteiger partial charge in [-0.15, -0.1) is 0 Å². The van der Waals surface area contributed by atoms with E-state index in [9.17, 15) is 14.3 Å². The molecule has 2 aromatic carbocycles. The summed E-state index contributed by atoms with van der Waals surface area (Å²) in [6, 6.07) is 15.6. The predicted octanol–water partition coefficient (Wildman–Crippen LogP) is 5.12. The topological polar surface area (TPSA) is 50.2 Å². The third-order valence-electron chi connectivity index (χ3n) is 4.24. The minimum Gasteiger partial charge on any atom is -0.478 e. The highest BCUT2D eigenvalue weighted by Gasteiger charge is 2.23. The fourth-order valence-electron chi connectivity index (χ4n) is 3.07. The highest BCUT2D eigenvalue weighted by molar-refractivity contribution is 5.99. The molecule has 4 heteroatoms. The van der Waals surface area contributed by atoms with Crippen LogP contribution >= 0.6 is 0 Å². The number of rotatable bonds is 4. The van der Waals surface area contributed by atoms with Crippen molar-refractivity contribution >= 4 is 5.97 Å². The number of nitrogens with zero attached hydrogens (tertiary/aromatic N) is 1. The van der Waals surface area contributed by atoms with E-state index in [0.29, 0.717) is 23.2 Å². The molecule has 0 aliphatic heterocycles. The van der Waals surface area contributed by atoms with Crippen molar-refractivity contribution in [3.8, 4) is 22.4 Å². The summed E-state index contributed by atoms with van der Waals surface area (Å²) in [5, 5.41) is 9.77. The zero-order valence-electron chi connectivity index (χ0n) is 14.1. The molecule has 0 saturated heterocycles. The number of pyridine rings is 1. The van der Waals surface area contributed by atoms with Gasteiger partial charge in [0.05, 0.1) is 17.0 Å². The molecule has 3 aromatic rings. The number of halogens is 1. The molecular weight excluding hydrogens is 317 g/mol. The Labute approximate surface area is 145 Å². The van der Waals surface area contributed by atoms with Crippen LogP contribution in [0.1, 0.15) is 28.5 Å². The van der Waals surface area contributed by atoms with Gasteiger partial charge in [-0.1, -0.05) is 49.4 Å². The highest BCUT2D eigenvalue weighted by atomic mass is 19.1. The average Bonchev–Trinajstić information content (AvgIpc) is 2.62. The Morgan fingerprint density at radius 3 is 2.24 bits per heavy atom. The summed E-state index contributed by atoms with van der Waals surface area (Å²) < 4.78 is 13.3. The molecule has 1 N–H and O–H groups in total. The molecule has 0 radical (unpaired) electrons. The maximum atomic E-state index is 13.3. The van der Waals surface area contributed by atoms with Crippen LogP contribution in [0.5, 0.6) is 0 Å². The summed E-state index contributed by atoms with van der Waals surface area (Å²) in [5.41, 5.74) is 4.43. The van der Waals surface area contributed by atoms with Crippen molar-refractivity contribution in [2.24, 2.45) is 0 Å². The molecule has 0 amide bonds. The van der Waals surface area contributed by atoms with Gasteiger partial charge in [-0.2, -0.15) is 0 Å². The fourth-order valence-corrected chi connectivity index (χ4v) is 3.07. The van der Waals surface area contributed by atoms with Crippen LogP contribution in [0.15, 0.2) is 54.6 Å². The predicted molar refractivity (Wildman–Crippen MR) is 96.1 cm³/mol. The normalized spacial score (nSPS) is 10.7. The quantitative estimate of drug-likeness (QED) is 0.719. The Bertz CT molecular complexity index is 919. The molecule has 25 heavy (non-hydrogen) atoms. The van der Waals surface area contributed by atoms with E-state index < -0.39 is 5.97 Å². The summed E-state index contributed by atoms with van der Waals surface area (Å²) in [4.78, 5) is 16.6. The van der Waals surface area contributed by atoms with Crippen molar-refractivity contribution < 1.29 is 14.3 Å². The van der Waals surface area contributed by atoms with Crippen LogP contribution in [0.2, 0.25) is 0 Å². The molecule has 3 nitrogen and oxygen atoms in total. The number of aryl methyl sites for hydroxylation is 1. The molecule has 126 valence electrons. The first-order valence-corrected chi connectivity index (χ1v) is 8.11. The third-order valence-corrected chi connectivity index (χ3v) is 4.24. The van der Waals surface area contributed by atoms with E-state index in [1.807, 2.05) is 44.2 Å². The van der Waals surface area contributed by atoms with Crippen LogP contribution in [0.25, 0.3) is 22.4 Å². The van der Waals surface area contributed by atoms with Gasteiger partial charge >= 0.3 is 5.97 Å². The third kappa shape index (κ3) is 3.15. The summed E-state index contributed by atoms with van der Waals surface area (Å²) in [7, 11) is 0. The van der Waals surface area contributed by atoms with Gasteiger partial charge in [0.2, 0.25) is 0 Å². The molecule has 0 atom stereocenters. The Kier molecular flexibility index (Phi) is 4.61. The van der Waals surface area contributed by atoms with Crippen molar-refractivity contribution in [2.45, 2.75) is 20.3 Å². The Morgan fingerprint density at radius 1 is 1.04 bits per heavy atom.